The van der Waals surface area contributed by atoms with Crippen LogP contribution in [-0.4, -0.2) is 18.6 Å². The number of halogens is 3. The summed E-state index contributed by atoms with van der Waals surface area (Å²) in [6.45, 7) is 3.39. The summed E-state index contributed by atoms with van der Waals surface area (Å²) in [6, 6.07) is 2.06. The van der Waals surface area contributed by atoms with Gasteiger partial charge in [-0.05, 0) is 32.0 Å². The lowest BCUT2D eigenvalue weighted by Crippen LogP contribution is -2.32. The van der Waals surface area contributed by atoms with Gasteiger partial charge in [0.05, 0.1) is 23.9 Å². The van der Waals surface area contributed by atoms with E-state index in [1.54, 1.807) is 6.92 Å². The predicted molar refractivity (Wildman–Crippen MR) is 64.9 cm³/mol. The highest BCUT2D eigenvalue weighted by atomic mass is 19.4. The molecule has 3 N–H and O–H groups in total. The Hall–Kier alpha value is -1.76. The molecule has 0 fully saturated rings. The molecule has 0 saturated carbocycles. The van der Waals surface area contributed by atoms with E-state index in [1.807, 2.05) is 0 Å². The molecule has 0 spiro atoms. The normalized spacial score (nSPS) is 12.9. The van der Waals surface area contributed by atoms with E-state index in [2.05, 4.69) is 5.32 Å². The number of hydrogen-bond donors (Lipinski definition) is 2. The molecule has 0 aromatic heterocycles. The highest BCUT2D eigenvalue weighted by Gasteiger charge is 2.31. The molecular formula is C12H15F3N2O2. The van der Waals surface area contributed by atoms with Crippen LogP contribution in [0.3, 0.4) is 0 Å². The standard InChI is InChI=1S/C12H15F3N2O2/c1-3-19-10-5-4-8(12(13,14)15)6-9(10)17-11(18)7(2)16/h4-7H,3,16H2,1-2H3,(H,17,18)/t7-/m0/s1. The number of hydrogen-bond acceptors (Lipinski definition) is 3. The minimum absolute atomic E-state index is 0.0426. The molecule has 0 bridgehead atoms. The Kier molecular flexibility index (Phi) is 4.77. The lowest BCUT2D eigenvalue weighted by molar-refractivity contribution is -0.137. The summed E-state index contributed by atoms with van der Waals surface area (Å²) < 4.78 is 43.0. The summed E-state index contributed by atoms with van der Waals surface area (Å²) >= 11 is 0. The lowest BCUT2D eigenvalue weighted by atomic mass is 10.1. The van der Waals surface area contributed by atoms with Gasteiger partial charge in [-0.25, -0.2) is 0 Å². The quantitative estimate of drug-likeness (QED) is 0.887. The number of alkyl halides is 3. The van der Waals surface area contributed by atoms with Gasteiger partial charge < -0.3 is 15.8 Å². The summed E-state index contributed by atoms with van der Waals surface area (Å²) in [5, 5.41) is 2.32. The molecule has 1 amide bonds. The third kappa shape index (κ3) is 4.13. The smallest absolute Gasteiger partial charge is 0.416 e. The van der Waals surface area contributed by atoms with Crippen molar-refractivity contribution in [1.82, 2.24) is 0 Å². The van der Waals surface area contributed by atoms with Crippen molar-refractivity contribution in [3.8, 4) is 5.75 Å². The molecule has 0 aliphatic rings. The number of anilines is 1. The zero-order chi connectivity index (χ0) is 14.6. The van der Waals surface area contributed by atoms with E-state index in [4.69, 9.17) is 10.5 Å². The Labute approximate surface area is 108 Å². The van der Waals surface area contributed by atoms with Gasteiger partial charge in [0.1, 0.15) is 5.75 Å². The fraction of sp³-hybridized carbons (Fsp3) is 0.417. The van der Waals surface area contributed by atoms with Crippen LogP contribution in [0.4, 0.5) is 18.9 Å². The number of amides is 1. The number of carbonyl (C=O) groups excluding carboxylic acids is 1. The molecule has 7 heteroatoms. The molecule has 1 atom stereocenters. The lowest BCUT2D eigenvalue weighted by Gasteiger charge is -2.15. The van der Waals surface area contributed by atoms with Crippen molar-refractivity contribution < 1.29 is 22.7 Å². The van der Waals surface area contributed by atoms with E-state index >= 15 is 0 Å². The van der Waals surface area contributed by atoms with Crippen LogP contribution in [-0.2, 0) is 11.0 Å². The monoisotopic (exact) mass is 276 g/mol. The zero-order valence-electron chi connectivity index (χ0n) is 10.5. The first-order valence-electron chi connectivity index (χ1n) is 5.66. The van der Waals surface area contributed by atoms with Gasteiger partial charge >= 0.3 is 6.18 Å². The van der Waals surface area contributed by atoms with Crippen LogP contribution in [0.25, 0.3) is 0 Å². The Morgan fingerprint density at radius 3 is 2.58 bits per heavy atom. The van der Waals surface area contributed by atoms with Crippen molar-refractivity contribution in [3.05, 3.63) is 23.8 Å². The maximum atomic E-state index is 12.6. The Bertz CT molecular complexity index is 459. The van der Waals surface area contributed by atoms with Crippen LogP contribution in [0.1, 0.15) is 19.4 Å². The Morgan fingerprint density at radius 1 is 1.47 bits per heavy atom. The van der Waals surface area contributed by atoms with Gasteiger partial charge in [0.25, 0.3) is 0 Å². The third-order valence-corrected chi connectivity index (χ3v) is 2.28. The Morgan fingerprint density at radius 2 is 2.11 bits per heavy atom. The number of nitrogens with two attached hydrogens (primary N) is 1. The maximum Gasteiger partial charge on any atom is 0.416 e. The van der Waals surface area contributed by atoms with Crippen LogP contribution in [0.2, 0.25) is 0 Å². The van der Waals surface area contributed by atoms with Gasteiger partial charge in [-0.15, -0.1) is 0 Å². The second-order valence-corrected chi connectivity index (χ2v) is 3.92. The largest absolute Gasteiger partial charge is 0.492 e. The number of rotatable bonds is 4. The minimum atomic E-state index is -4.49. The third-order valence-electron chi connectivity index (χ3n) is 2.28. The van der Waals surface area contributed by atoms with E-state index in [1.165, 1.54) is 13.0 Å². The van der Waals surface area contributed by atoms with Crippen molar-refractivity contribution in [2.24, 2.45) is 5.73 Å². The molecule has 1 aromatic carbocycles. The highest BCUT2D eigenvalue weighted by molar-refractivity contribution is 5.95. The first-order valence-corrected chi connectivity index (χ1v) is 5.66. The van der Waals surface area contributed by atoms with Crippen molar-refractivity contribution in [3.63, 3.8) is 0 Å². The van der Waals surface area contributed by atoms with Gasteiger partial charge in [-0.2, -0.15) is 13.2 Å². The van der Waals surface area contributed by atoms with Crippen LogP contribution in [0, 0.1) is 0 Å². The summed E-state index contributed by atoms with van der Waals surface area (Å²) in [5.74, 6) is -0.412. The molecule has 1 aromatic rings. The fourth-order valence-electron chi connectivity index (χ4n) is 1.33. The average molecular weight is 276 g/mol. The molecule has 0 saturated heterocycles. The van der Waals surface area contributed by atoms with E-state index in [-0.39, 0.29) is 18.0 Å². The molecular weight excluding hydrogens is 261 g/mol. The van der Waals surface area contributed by atoms with Crippen LogP contribution < -0.4 is 15.8 Å². The van der Waals surface area contributed by atoms with Crippen molar-refractivity contribution in [2.45, 2.75) is 26.1 Å². The molecule has 0 aliphatic carbocycles. The van der Waals surface area contributed by atoms with E-state index in [0.29, 0.717) is 0 Å². The summed E-state index contributed by atoms with van der Waals surface area (Å²) in [6.07, 6.45) is -4.49. The molecule has 0 radical (unpaired) electrons. The topological polar surface area (TPSA) is 64.3 Å². The number of carbonyl (C=O) groups is 1. The first kappa shape index (κ1) is 15.3. The van der Waals surface area contributed by atoms with Gasteiger partial charge in [0.15, 0.2) is 0 Å². The van der Waals surface area contributed by atoms with E-state index < -0.39 is 23.7 Å². The van der Waals surface area contributed by atoms with Crippen molar-refractivity contribution >= 4 is 11.6 Å². The zero-order valence-corrected chi connectivity index (χ0v) is 10.5. The summed E-state index contributed by atoms with van der Waals surface area (Å²) in [4.78, 5) is 11.5. The van der Waals surface area contributed by atoms with E-state index in [9.17, 15) is 18.0 Å². The van der Waals surface area contributed by atoms with Crippen LogP contribution >= 0.6 is 0 Å². The van der Waals surface area contributed by atoms with Crippen LogP contribution in [0.15, 0.2) is 18.2 Å². The summed E-state index contributed by atoms with van der Waals surface area (Å²) in [7, 11) is 0. The summed E-state index contributed by atoms with van der Waals surface area (Å²) in [5.41, 5.74) is 4.45. The molecule has 19 heavy (non-hydrogen) atoms. The number of nitrogens with one attached hydrogen (secondary N) is 1. The number of ether oxygens (including phenoxy) is 1. The molecule has 0 heterocycles. The SMILES string of the molecule is CCOc1ccc(C(F)(F)F)cc1NC(=O)[C@H](C)N. The predicted octanol–water partition coefficient (Wildman–Crippen LogP) is 2.39. The van der Waals surface area contributed by atoms with Gasteiger partial charge in [0.2, 0.25) is 5.91 Å². The van der Waals surface area contributed by atoms with Gasteiger partial charge in [0, 0.05) is 0 Å². The first-order chi connectivity index (χ1) is 8.75. The second kappa shape index (κ2) is 5.92. The van der Waals surface area contributed by atoms with Gasteiger partial charge in [-0.3, -0.25) is 4.79 Å². The molecule has 0 aliphatic heterocycles. The number of benzene rings is 1. The Balaban J connectivity index is 3.12. The highest BCUT2D eigenvalue weighted by Crippen LogP contribution is 2.35. The van der Waals surface area contributed by atoms with Crippen LogP contribution in [0.5, 0.6) is 5.75 Å². The van der Waals surface area contributed by atoms with Crippen molar-refractivity contribution in [2.75, 3.05) is 11.9 Å². The molecule has 106 valence electrons. The second-order valence-electron chi connectivity index (χ2n) is 3.92. The van der Waals surface area contributed by atoms with Gasteiger partial charge in [-0.1, -0.05) is 0 Å². The molecule has 4 nitrogen and oxygen atoms in total. The van der Waals surface area contributed by atoms with Crippen molar-refractivity contribution in [1.29, 1.82) is 0 Å². The maximum absolute atomic E-state index is 12.6. The average Bonchev–Trinajstić information content (AvgIpc) is 2.30. The minimum Gasteiger partial charge on any atom is -0.492 e. The molecule has 0 unspecified atom stereocenters. The molecule has 1 rings (SSSR count). The fourth-order valence-corrected chi connectivity index (χ4v) is 1.33. The van der Waals surface area contributed by atoms with E-state index in [0.717, 1.165) is 12.1 Å².